The molecule has 0 radical (unpaired) electrons. The van der Waals surface area contributed by atoms with E-state index in [1.54, 1.807) is 12.1 Å². The summed E-state index contributed by atoms with van der Waals surface area (Å²) >= 11 is 0. The lowest BCUT2D eigenvalue weighted by Gasteiger charge is -2.50. The van der Waals surface area contributed by atoms with Crippen LogP contribution in [-0.2, 0) is 11.3 Å². The Labute approximate surface area is 138 Å². The van der Waals surface area contributed by atoms with E-state index in [0.717, 1.165) is 52.1 Å². The molecule has 2 aliphatic heterocycles. The lowest BCUT2D eigenvalue weighted by atomic mass is 9.88. The predicted molar refractivity (Wildman–Crippen MR) is 88.8 cm³/mol. The molecule has 0 atom stereocenters. The maximum atomic E-state index is 13.0. The van der Waals surface area contributed by atoms with Gasteiger partial charge >= 0.3 is 0 Å². The lowest BCUT2D eigenvalue weighted by Crippen LogP contribution is -2.60. The zero-order chi connectivity index (χ0) is 15.9. The molecule has 2 spiro atoms. The van der Waals surface area contributed by atoms with Crippen molar-refractivity contribution in [1.82, 2.24) is 9.80 Å². The molecule has 23 heavy (non-hydrogen) atoms. The normalized spacial score (nSPS) is 26.7. The van der Waals surface area contributed by atoms with Crippen LogP contribution < -0.4 is 0 Å². The highest BCUT2D eigenvalue weighted by molar-refractivity contribution is 5.16. The van der Waals surface area contributed by atoms with Crippen molar-refractivity contribution in [3.05, 3.63) is 35.6 Å². The van der Waals surface area contributed by atoms with Crippen LogP contribution in [0.5, 0.6) is 0 Å². The third-order valence-corrected chi connectivity index (χ3v) is 5.80. The molecule has 2 heterocycles. The van der Waals surface area contributed by atoms with Crippen molar-refractivity contribution >= 4 is 0 Å². The lowest BCUT2D eigenvalue weighted by molar-refractivity contribution is -0.187. The highest BCUT2D eigenvalue weighted by Gasteiger charge is 2.55. The molecule has 2 saturated heterocycles. The molecule has 3 aliphatic rings. The summed E-state index contributed by atoms with van der Waals surface area (Å²) in [6.45, 7) is 8.68. The number of benzene rings is 1. The van der Waals surface area contributed by atoms with Crippen LogP contribution in [0.3, 0.4) is 0 Å². The van der Waals surface area contributed by atoms with Gasteiger partial charge in [-0.05, 0) is 49.9 Å². The van der Waals surface area contributed by atoms with Crippen LogP contribution >= 0.6 is 0 Å². The van der Waals surface area contributed by atoms with Gasteiger partial charge in [0.2, 0.25) is 0 Å². The summed E-state index contributed by atoms with van der Waals surface area (Å²) in [7, 11) is 0. The first-order chi connectivity index (χ1) is 11.1. The molecule has 0 bridgehead atoms. The number of hydrogen-bond donors (Lipinski definition) is 0. The smallest absolute Gasteiger partial charge is 0.123 e. The maximum Gasteiger partial charge on any atom is 0.123 e. The van der Waals surface area contributed by atoms with Crippen molar-refractivity contribution in [2.75, 3.05) is 32.7 Å². The number of likely N-dealkylation sites (tertiary alicyclic amines) is 1. The fourth-order valence-electron chi connectivity index (χ4n) is 4.24. The monoisotopic (exact) mass is 318 g/mol. The van der Waals surface area contributed by atoms with E-state index in [2.05, 4.69) is 16.7 Å². The molecule has 1 aromatic carbocycles. The number of morpholine rings is 1. The molecule has 0 amide bonds. The molecule has 3 nitrogen and oxygen atoms in total. The van der Waals surface area contributed by atoms with Gasteiger partial charge in [-0.2, -0.15) is 0 Å². The number of ether oxygens (including phenoxy) is 1. The van der Waals surface area contributed by atoms with Crippen LogP contribution in [-0.4, -0.2) is 53.7 Å². The number of piperidine rings is 1. The number of rotatable bonds is 3. The molecule has 4 heteroatoms. The fourth-order valence-corrected chi connectivity index (χ4v) is 4.24. The van der Waals surface area contributed by atoms with Gasteiger partial charge in [0.1, 0.15) is 5.82 Å². The van der Waals surface area contributed by atoms with Crippen molar-refractivity contribution in [3.8, 4) is 0 Å². The Bertz CT molecular complexity index is 547. The van der Waals surface area contributed by atoms with Crippen LogP contribution in [0.4, 0.5) is 4.39 Å². The minimum atomic E-state index is -0.156. The Kier molecular flexibility index (Phi) is 3.94. The van der Waals surface area contributed by atoms with Gasteiger partial charge in [0.25, 0.3) is 0 Å². The molecular weight excluding hydrogens is 291 g/mol. The van der Waals surface area contributed by atoms with Crippen LogP contribution in [0.25, 0.3) is 0 Å². The van der Waals surface area contributed by atoms with E-state index < -0.39 is 0 Å². The average molecular weight is 318 g/mol. The molecule has 1 saturated carbocycles. The zero-order valence-electron chi connectivity index (χ0n) is 14.1. The van der Waals surface area contributed by atoms with Crippen LogP contribution in [0.2, 0.25) is 0 Å². The first kappa shape index (κ1) is 15.6. The third-order valence-electron chi connectivity index (χ3n) is 5.80. The summed E-state index contributed by atoms with van der Waals surface area (Å²) in [6.07, 6.45) is 4.72. The maximum absolute atomic E-state index is 13.0. The second-order valence-corrected chi connectivity index (χ2v) is 7.67. The quantitative estimate of drug-likeness (QED) is 0.852. The third kappa shape index (κ3) is 3.30. The van der Waals surface area contributed by atoms with Crippen LogP contribution in [0.15, 0.2) is 24.3 Å². The van der Waals surface area contributed by atoms with E-state index in [0.29, 0.717) is 0 Å². The van der Waals surface area contributed by atoms with Crippen molar-refractivity contribution in [2.45, 2.75) is 50.4 Å². The Morgan fingerprint density at radius 1 is 0.957 bits per heavy atom. The number of hydrogen-bond acceptors (Lipinski definition) is 3. The summed E-state index contributed by atoms with van der Waals surface area (Å²) in [4.78, 5) is 5.07. The van der Waals surface area contributed by atoms with E-state index in [1.807, 2.05) is 12.1 Å². The Morgan fingerprint density at radius 2 is 1.57 bits per heavy atom. The fraction of sp³-hybridized carbons (Fsp3) is 0.684. The minimum absolute atomic E-state index is 0.0735. The molecule has 0 unspecified atom stereocenters. The topological polar surface area (TPSA) is 15.7 Å². The van der Waals surface area contributed by atoms with Gasteiger partial charge in [0.05, 0.1) is 11.2 Å². The second-order valence-electron chi connectivity index (χ2n) is 7.67. The average Bonchev–Trinajstić information content (AvgIpc) is 3.29. The van der Waals surface area contributed by atoms with Gasteiger partial charge in [-0.15, -0.1) is 0 Å². The van der Waals surface area contributed by atoms with Gasteiger partial charge in [-0.1, -0.05) is 19.1 Å². The van der Waals surface area contributed by atoms with Crippen molar-refractivity contribution in [1.29, 1.82) is 0 Å². The van der Waals surface area contributed by atoms with Gasteiger partial charge in [0, 0.05) is 32.7 Å². The largest absolute Gasteiger partial charge is 0.366 e. The highest BCUT2D eigenvalue weighted by atomic mass is 19.1. The van der Waals surface area contributed by atoms with Crippen molar-refractivity contribution in [2.24, 2.45) is 0 Å². The molecule has 4 rings (SSSR count). The molecule has 126 valence electrons. The van der Waals surface area contributed by atoms with E-state index >= 15 is 0 Å². The number of halogens is 1. The summed E-state index contributed by atoms with van der Waals surface area (Å²) < 4.78 is 19.7. The number of nitrogens with zero attached hydrogens (tertiary/aromatic N) is 2. The molecule has 1 aliphatic carbocycles. The standard InChI is InChI=1S/C19H27FN2O/c1-2-21-14-18(7-8-18)23-19(15-21)9-11-22(12-10-19)13-16-3-5-17(20)6-4-16/h3-6H,2,7-15H2,1H3. The SMILES string of the molecule is CCN1CC2(CCN(Cc3ccc(F)cc3)CC2)OC2(CC2)C1. The van der Waals surface area contributed by atoms with E-state index in [1.165, 1.54) is 18.4 Å². The van der Waals surface area contributed by atoms with Gasteiger partial charge in [-0.3, -0.25) is 9.80 Å². The van der Waals surface area contributed by atoms with Gasteiger partial charge in [-0.25, -0.2) is 4.39 Å². The van der Waals surface area contributed by atoms with Crippen molar-refractivity contribution < 1.29 is 9.13 Å². The first-order valence-electron chi connectivity index (χ1n) is 9.00. The highest BCUT2D eigenvalue weighted by Crippen LogP contribution is 2.49. The molecular formula is C19H27FN2O. The minimum Gasteiger partial charge on any atom is -0.366 e. The summed E-state index contributed by atoms with van der Waals surface area (Å²) in [5.74, 6) is -0.156. The first-order valence-corrected chi connectivity index (χ1v) is 9.00. The molecule has 1 aromatic rings. The summed E-state index contributed by atoms with van der Waals surface area (Å²) in [5, 5.41) is 0. The van der Waals surface area contributed by atoms with Gasteiger partial charge < -0.3 is 4.74 Å². The van der Waals surface area contributed by atoms with Crippen LogP contribution in [0, 0.1) is 5.82 Å². The predicted octanol–water partition coefficient (Wildman–Crippen LogP) is 3.05. The Hall–Kier alpha value is -0.970. The number of likely N-dealkylation sites (N-methyl/N-ethyl adjacent to an activating group) is 1. The van der Waals surface area contributed by atoms with Crippen molar-refractivity contribution in [3.63, 3.8) is 0 Å². The Morgan fingerprint density at radius 3 is 2.13 bits per heavy atom. The van der Waals surface area contributed by atoms with Gasteiger partial charge in [0.15, 0.2) is 0 Å². The van der Waals surface area contributed by atoms with Crippen LogP contribution in [0.1, 0.15) is 38.2 Å². The van der Waals surface area contributed by atoms with E-state index in [4.69, 9.17) is 4.74 Å². The second kappa shape index (κ2) is 5.83. The molecule has 3 fully saturated rings. The zero-order valence-corrected chi connectivity index (χ0v) is 14.1. The van der Waals surface area contributed by atoms with E-state index in [9.17, 15) is 4.39 Å². The Balaban J connectivity index is 1.37. The molecule has 0 aromatic heterocycles. The summed E-state index contributed by atoms with van der Waals surface area (Å²) in [6, 6.07) is 6.91. The van der Waals surface area contributed by atoms with E-state index in [-0.39, 0.29) is 17.0 Å². The summed E-state index contributed by atoms with van der Waals surface area (Å²) in [5.41, 5.74) is 1.46. The molecule has 0 N–H and O–H groups in total.